The lowest BCUT2D eigenvalue weighted by Crippen LogP contribution is -2.38. The fourth-order valence-electron chi connectivity index (χ4n) is 4.47. The number of amides is 1. The molecule has 1 amide bonds. The molecule has 5 rings (SSSR count). The number of rotatable bonds is 7. The third-order valence-electron chi connectivity index (χ3n) is 6.26. The zero-order valence-corrected chi connectivity index (χ0v) is 20.5. The van der Waals surface area contributed by atoms with E-state index in [9.17, 15) is 4.79 Å². The van der Waals surface area contributed by atoms with Crippen LogP contribution in [-0.4, -0.2) is 64.3 Å². The molecule has 0 radical (unpaired) electrons. The second-order valence-electron chi connectivity index (χ2n) is 9.72. The van der Waals surface area contributed by atoms with Crippen LogP contribution in [0.1, 0.15) is 16.7 Å². The molecule has 1 atom stereocenters. The minimum absolute atomic E-state index is 0.144. The predicted molar refractivity (Wildman–Crippen MR) is 132 cm³/mol. The Morgan fingerprint density at radius 3 is 2.88 bits per heavy atom. The number of ether oxygens (including phenoxy) is 3. The molecule has 0 N–H and O–H groups in total. The van der Waals surface area contributed by atoms with E-state index in [-0.39, 0.29) is 12.1 Å². The largest absolute Gasteiger partial charge is 0.457 e. The SMILES string of the molecule is Cc1cn(COCCS(C)(C)C)c2nccc(Oc3ccc4c(c3)CN3C(=O)OC[C@H]3C4)c12. The quantitative estimate of drug-likeness (QED) is 0.470. The first kappa shape index (κ1) is 22.1. The van der Waals surface area contributed by atoms with Crippen LogP contribution in [0.25, 0.3) is 11.0 Å². The van der Waals surface area contributed by atoms with E-state index in [1.54, 1.807) is 6.20 Å². The molecule has 0 unspecified atom stereocenters. The van der Waals surface area contributed by atoms with Crippen LogP contribution < -0.4 is 4.74 Å². The van der Waals surface area contributed by atoms with E-state index in [2.05, 4.69) is 42.9 Å². The van der Waals surface area contributed by atoms with Crippen LogP contribution in [0.2, 0.25) is 0 Å². The van der Waals surface area contributed by atoms with Gasteiger partial charge < -0.3 is 18.8 Å². The molecule has 1 fully saturated rings. The van der Waals surface area contributed by atoms with Gasteiger partial charge in [-0.2, -0.15) is 0 Å². The maximum Gasteiger partial charge on any atom is 0.410 e. The van der Waals surface area contributed by atoms with E-state index < -0.39 is 10.0 Å². The second kappa shape index (κ2) is 8.57. The summed E-state index contributed by atoms with van der Waals surface area (Å²) in [6.07, 6.45) is 11.3. The molecule has 0 bridgehead atoms. The summed E-state index contributed by atoms with van der Waals surface area (Å²) in [5, 5.41) is 0.989. The first-order valence-electron chi connectivity index (χ1n) is 11.2. The number of aryl methyl sites for hydroxylation is 1. The topological polar surface area (TPSA) is 65.8 Å². The molecule has 0 aliphatic carbocycles. The van der Waals surface area contributed by atoms with Crippen LogP contribution in [0.3, 0.4) is 0 Å². The summed E-state index contributed by atoms with van der Waals surface area (Å²) in [4.78, 5) is 18.4. The monoisotopic (exact) mass is 469 g/mol. The molecule has 8 heteroatoms. The number of carbonyl (C=O) groups excluding carboxylic acids is 1. The molecular formula is C25H31N3O4S. The van der Waals surface area contributed by atoms with Gasteiger partial charge in [0.25, 0.3) is 0 Å². The molecule has 2 aromatic heterocycles. The van der Waals surface area contributed by atoms with Crippen LogP contribution in [0, 0.1) is 6.92 Å². The highest BCUT2D eigenvalue weighted by molar-refractivity contribution is 8.32. The zero-order chi connectivity index (χ0) is 23.2. The van der Waals surface area contributed by atoms with E-state index >= 15 is 0 Å². The van der Waals surface area contributed by atoms with Gasteiger partial charge in [-0.3, -0.25) is 4.90 Å². The van der Waals surface area contributed by atoms with Crippen LogP contribution >= 0.6 is 10.0 Å². The molecule has 3 aromatic rings. The van der Waals surface area contributed by atoms with Crippen molar-refractivity contribution in [2.24, 2.45) is 0 Å². The third-order valence-corrected chi connectivity index (χ3v) is 7.65. The Morgan fingerprint density at radius 1 is 1.21 bits per heavy atom. The summed E-state index contributed by atoms with van der Waals surface area (Å²) in [6.45, 7) is 4.32. The predicted octanol–water partition coefficient (Wildman–Crippen LogP) is 4.68. The van der Waals surface area contributed by atoms with E-state index in [4.69, 9.17) is 14.2 Å². The van der Waals surface area contributed by atoms with Crippen molar-refractivity contribution in [1.82, 2.24) is 14.5 Å². The first-order chi connectivity index (χ1) is 15.8. The van der Waals surface area contributed by atoms with Gasteiger partial charge in [0.15, 0.2) is 0 Å². The number of carbonyl (C=O) groups is 1. The number of benzene rings is 1. The fourth-order valence-corrected chi connectivity index (χ4v) is 5.08. The zero-order valence-electron chi connectivity index (χ0n) is 19.7. The highest BCUT2D eigenvalue weighted by Crippen LogP contribution is 2.36. The van der Waals surface area contributed by atoms with Crippen LogP contribution in [0.15, 0.2) is 36.7 Å². The minimum atomic E-state index is -0.570. The maximum absolute atomic E-state index is 12.0. The fraction of sp³-hybridized carbons (Fsp3) is 0.440. The van der Waals surface area contributed by atoms with Crippen LogP contribution in [0.5, 0.6) is 11.5 Å². The van der Waals surface area contributed by atoms with Crippen LogP contribution in [0.4, 0.5) is 4.79 Å². The standard InChI is InChI=1S/C25H31N3O4S/c1-17-13-27(16-30-9-10-33(2,3)4)24-23(17)22(7-8-26-24)32-21-6-5-18-11-20-15-31-25(29)28(20)14-19(18)12-21/h5-8,12-13,20H,9-11,14-16H2,1-4H3/t20-/m1/s1. The number of aromatic nitrogens is 2. The van der Waals surface area contributed by atoms with Crippen molar-refractivity contribution in [3.8, 4) is 11.5 Å². The first-order valence-corrected chi connectivity index (χ1v) is 14.2. The van der Waals surface area contributed by atoms with Crippen molar-refractivity contribution in [2.45, 2.75) is 32.7 Å². The normalized spacial score (nSPS) is 18.2. The Kier molecular flexibility index (Phi) is 5.74. The number of hydrogen-bond acceptors (Lipinski definition) is 5. The summed E-state index contributed by atoms with van der Waals surface area (Å²) in [5.74, 6) is 2.61. The van der Waals surface area contributed by atoms with E-state index in [1.807, 2.05) is 27.7 Å². The van der Waals surface area contributed by atoms with Gasteiger partial charge in [0, 0.05) is 24.7 Å². The molecular weight excluding hydrogens is 438 g/mol. The summed E-state index contributed by atoms with van der Waals surface area (Å²) in [6, 6.07) is 8.19. The Bertz CT molecular complexity index is 1200. The highest BCUT2D eigenvalue weighted by atomic mass is 32.3. The van der Waals surface area contributed by atoms with Crippen LogP contribution in [-0.2, 0) is 29.2 Å². The van der Waals surface area contributed by atoms with Crippen molar-refractivity contribution >= 4 is 27.2 Å². The second-order valence-corrected chi connectivity index (χ2v) is 14.3. The van der Waals surface area contributed by atoms with Gasteiger partial charge in [-0.15, -0.1) is 0 Å². The highest BCUT2D eigenvalue weighted by Gasteiger charge is 2.36. The average Bonchev–Trinajstić information content (AvgIpc) is 3.29. The molecule has 33 heavy (non-hydrogen) atoms. The summed E-state index contributed by atoms with van der Waals surface area (Å²) < 4.78 is 19.5. The lowest BCUT2D eigenvalue weighted by molar-refractivity contribution is 0.0923. The van der Waals surface area contributed by atoms with Gasteiger partial charge in [0.1, 0.15) is 30.5 Å². The average molecular weight is 470 g/mol. The smallest absolute Gasteiger partial charge is 0.410 e. The van der Waals surface area contributed by atoms with Gasteiger partial charge in [-0.05, 0) is 67.0 Å². The summed E-state index contributed by atoms with van der Waals surface area (Å²) in [7, 11) is -0.570. The molecule has 4 heterocycles. The molecule has 0 spiro atoms. The van der Waals surface area contributed by atoms with Crippen molar-refractivity contribution in [3.63, 3.8) is 0 Å². The van der Waals surface area contributed by atoms with Crippen molar-refractivity contribution in [2.75, 3.05) is 37.7 Å². The van der Waals surface area contributed by atoms with Crippen molar-refractivity contribution in [1.29, 1.82) is 0 Å². The molecule has 1 saturated heterocycles. The Morgan fingerprint density at radius 2 is 2.06 bits per heavy atom. The van der Waals surface area contributed by atoms with Crippen molar-refractivity contribution < 1.29 is 19.0 Å². The number of fused-ring (bicyclic) bond motifs is 3. The van der Waals surface area contributed by atoms with E-state index in [0.29, 0.717) is 19.9 Å². The third kappa shape index (κ3) is 4.54. The van der Waals surface area contributed by atoms with E-state index in [0.717, 1.165) is 52.4 Å². The molecule has 2 aliphatic rings. The Labute approximate surface area is 195 Å². The van der Waals surface area contributed by atoms with Gasteiger partial charge in [0.05, 0.1) is 18.0 Å². The molecule has 0 saturated carbocycles. The Hall–Kier alpha value is -2.71. The number of cyclic esters (lactones) is 1. The van der Waals surface area contributed by atoms with E-state index in [1.165, 1.54) is 5.56 Å². The number of pyridine rings is 1. The molecule has 2 aliphatic heterocycles. The summed E-state index contributed by atoms with van der Waals surface area (Å²) in [5.41, 5.74) is 4.31. The minimum Gasteiger partial charge on any atom is -0.457 e. The summed E-state index contributed by atoms with van der Waals surface area (Å²) >= 11 is 0. The molecule has 7 nitrogen and oxygen atoms in total. The lowest BCUT2D eigenvalue weighted by atomic mass is 9.95. The number of nitrogens with zero attached hydrogens (tertiary/aromatic N) is 3. The lowest BCUT2D eigenvalue weighted by Gasteiger charge is -2.28. The molecule has 176 valence electrons. The van der Waals surface area contributed by atoms with Gasteiger partial charge in [-0.1, -0.05) is 6.07 Å². The maximum atomic E-state index is 12.0. The van der Waals surface area contributed by atoms with Gasteiger partial charge >= 0.3 is 6.09 Å². The van der Waals surface area contributed by atoms with Gasteiger partial charge in [0.2, 0.25) is 0 Å². The number of hydrogen-bond donors (Lipinski definition) is 0. The van der Waals surface area contributed by atoms with Gasteiger partial charge in [-0.25, -0.2) is 19.8 Å². The Balaban J connectivity index is 1.35. The molecule has 1 aromatic carbocycles. The van der Waals surface area contributed by atoms with Crippen molar-refractivity contribution in [3.05, 3.63) is 53.3 Å².